The Labute approximate surface area is 110 Å². The molecule has 0 fully saturated rings. The molecule has 19 heavy (non-hydrogen) atoms. The van der Waals surface area contributed by atoms with Crippen LogP contribution in [0.3, 0.4) is 0 Å². The summed E-state index contributed by atoms with van der Waals surface area (Å²) in [4.78, 5) is 11.6. The van der Waals surface area contributed by atoms with Crippen molar-refractivity contribution in [3.63, 3.8) is 0 Å². The number of ether oxygens (including phenoxy) is 1. The number of aryl methyl sites for hydroxylation is 1. The van der Waals surface area contributed by atoms with Gasteiger partial charge in [-0.1, -0.05) is 0 Å². The number of rotatable bonds is 3. The van der Waals surface area contributed by atoms with Crippen molar-refractivity contribution < 1.29 is 4.74 Å². The fourth-order valence-corrected chi connectivity index (χ4v) is 1.72. The van der Waals surface area contributed by atoms with E-state index in [1.54, 1.807) is 0 Å². The summed E-state index contributed by atoms with van der Waals surface area (Å²) in [5.41, 5.74) is 1.11. The second kappa shape index (κ2) is 5.36. The van der Waals surface area contributed by atoms with Crippen LogP contribution in [0.1, 0.15) is 12.5 Å². The molecule has 96 valence electrons. The molecule has 0 bridgehead atoms. The molecule has 0 aliphatic heterocycles. The van der Waals surface area contributed by atoms with Crippen molar-refractivity contribution in [2.75, 3.05) is 6.61 Å². The molecule has 0 spiro atoms. The Morgan fingerprint density at radius 1 is 1.37 bits per heavy atom. The van der Waals surface area contributed by atoms with Crippen molar-refractivity contribution in [2.45, 2.75) is 6.92 Å². The van der Waals surface area contributed by atoms with E-state index < -0.39 is 5.56 Å². The van der Waals surface area contributed by atoms with E-state index in [4.69, 9.17) is 10.00 Å². The van der Waals surface area contributed by atoms with Gasteiger partial charge in [0.25, 0.3) is 5.56 Å². The summed E-state index contributed by atoms with van der Waals surface area (Å²) < 4.78 is 6.53. The van der Waals surface area contributed by atoms with Gasteiger partial charge in [-0.25, -0.2) is 4.68 Å². The molecule has 0 N–H and O–H groups in total. The molecular weight excluding hydrogens is 242 g/mol. The van der Waals surface area contributed by atoms with Gasteiger partial charge in [0.15, 0.2) is 0 Å². The summed E-state index contributed by atoms with van der Waals surface area (Å²) >= 11 is 0. The third-order valence-corrected chi connectivity index (χ3v) is 2.64. The van der Waals surface area contributed by atoms with E-state index in [-0.39, 0.29) is 5.56 Å². The number of nitriles is 1. The van der Waals surface area contributed by atoms with Gasteiger partial charge in [-0.15, -0.1) is 0 Å². The van der Waals surface area contributed by atoms with E-state index in [9.17, 15) is 4.79 Å². The first-order chi connectivity index (χ1) is 9.15. The first-order valence-corrected chi connectivity index (χ1v) is 5.87. The average molecular weight is 255 g/mol. The first kappa shape index (κ1) is 12.8. The first-order valence-electron chi connectivity index (χ1n) is 5.87. The Hall–Kier alpha value is -2.61. The van der Waals surface area contributed by atoms with Crippen molar-refractivity contribution in [3.05, 3.63) is 46.2 Å². The highest BCUT2D eigenvalue weighted by Gasteiger charge is 2.07. The molecule has 0 saturated heterocycles. The van der Waals surface area contributed by atoms with Crippen LogP contribution < -0.4 is 10.3 Å². The third kappa shape index (κ3) is 2.63. The Morgan fingerprint density at radius 3 is 2.63 bits per heavy atom. The maximum Gasteiger partial charge on any atom is 0.284 e. The smallest absolute Gasteiger partial charge is 0.284 e. The van der Waals surface area contributed by atoms with Crippen LogP contribution in [0.4, 0.5) is 0 Å². The summed E-state index contributed by atoms with van der Waals surface area (Å²) in [6.45, 7) is 2.53. The second-order valence-electron chi connectivity index (χ2n) is 3.94. The summed E-state index contributed by atoms with van der Waals surface area (Å²) in [6.07, 6.45) is 0. The summed E-state index contributed by atoms with van der Waals surface area (Å²) in [6, 6.07) is 10.7. The maximum atomic E-state index is 11.6. The van der Waals surface area contributed by atoms with E-state index in [1.807, 2.05) is 37.3 Å². The van der Waals surface area contributed by atoms with Crippen LogP contribution in [-0.2, 0) is 7.05 Å². The molecule has 0 aliphatic carbocycles. The number of hydrogen-bond acceptors (Lipinski definition) is 4. The zero-order valence-corrected chi connectivity index (χ0v) is 10.8. The standard InChI is InChI=1S/C14H13N3O2/c1-3-19-12-6-4-10(5-7-12)13-8-11(9-15)14(18)17(2)16-13/h4-8H,3H2,1-2H3. The molecule has 0 saturated carbocycles. The molecule has 5 nitrogen and oxygen atoms in total. The quantitative estimate of drug-likeness (QED) is 0.837. The minimum atomic E-state index is -0.391. The molecule has 0 aliphatic rings. The van der Waals surface area contributed by atoms with E-state index in [2.05, 4.69) is 5.10 Å². The third-order valence-electron chi connectivity index (χ3n) is 2.64. The summed E-state index contributed by atoms with van der Waals surface area (Å²) in [5.74, 6) is 0.775. The van der Waals surface area contributed by atoms with Crippen molar-refractivity contribution in [3.8, 4) is 23.1 Å². The zero-order valence-electron chi connectivity index (χ0n) is 10.8. The van der Waals surface area contributed by atoms with Crippen LogP contribution in [0.15, 0.2) is 35.1 Å². The Morgan fingerprint density at radius 2 is 2.05 bits per heavy atom. The second-order valence-corrected chi connectivity index (χ2v) is 3.94. The fraction of sp³-hybridized carbons (Fsp3) is 0.214. The Kier molecular flexibility index (Phi) is 3.62. The van der Waals surface area contributed by atoms with E-state index in [1.165, 1.54) is 17.8 Å². The van der Waals surface area contributed by atoms with Gasteiger partial charge >= 0.3 is 0 Å². The molecule has 2 rings (SSSR count). The van der Waals surface area contributed by atoms with E-state index in [0.717, 1.165) is 11.3 Å². The maximum absolute atomic E-state index is 11.6. The van der Waals surface area contributed by atoms with Gasteiger partial charge < -0.3 is 4.74 Å². The minimum Gasteiger partial charge on any atom is -0.494 e. The minimum absolute atomic E-state index is 0.0846. The number of hydrogen-bond donors (Lipinski definition) is 0. The van der Waals surface area contributed by atoms with E-state index in [0.29, 0.717) is 12.3 Å². The van der Waals surface area contributed by atoms with Crippen LogP contribution in [0.2, 0.25) is 0 Å². The number of aromatic nitrogens is 2. The summed E-state index contributed by atoms with van der Waals surface area (Å²) in [5, 5.41) is 13.1. The highest BCUT2D eigenvalue weighted by molar-refractivity contribution is 5.61. The van der Waals surface area contributed by atoms with Crippen LogP contribution in [0.25, 0.3) is 11.3 Å². The number of nitrogens with zero attached hydrogens (tertiary/aromatic N) is 3. The molecule has 0 atom stereocenters. The van der Waals surface area contributed by atoms with Crippen molar-refractivity contribution in [1.29, 1.82) is 5.26 Å². The summed E-state index contributed by atoms with van der Waals surface area (Å²) in [7, 11) is 1.53. The molecule has 0 amide bonds. The van der Waals surface area contributed by atoms with Gasteiger partial charge in [0.2, 0.25) is 0 Å². The van der Waals surface area contributed by atoms with Crippen LogP contribution in [0.5, 0.6) is 5.75 Å². The predicted molar refractivity (Wildman–Crippen MR) is 70.8 cm³/mol. The van der Waals surface area contributed by atoms with Gasteiger partial charge in [-0.05, 0) is 37.3 Å². The van der Waals surface area contributed by atoms with Crippen LogP contribution in [0, 0.1) is 11.3 Å². The van der Waals surface area contributed by atoms with Crippen molar-refractivity contribution >= 4 is 0 Å². The van der Waals surface area contributed by atoms with Gasteiger partial charge in [0, 0.05) is 12.6 Å². The lowest BCUT2D eigenvalue weighted by Gasteiger charge is -2.06. The highest BCUT2D eigenvalue weighted by atomic mass is 16.5. The fourth-order valence-electron chi connectivity index (χ4n) is 1.72. The monoisotopic (exact) mass is 255 g/mol. The lowest BCUT2D eigenvalue weighted by Crippen LogP contribution is -2.22. The van der Waals surface area contributed by atoms with Crippen molar-refractivity contribution in [2.24, 2.45) is 7.05 Å². The number of benzene rings is 1. The molecule has 2 aromatic rings. The van der Waals surface area contributed by atoms with Gasteiger partial charge in [-0.3, -0.25) is 4.79 Å². The normalized spacial score (nSPS) is 9.95. The molecule has 1 heterocycles. The van der Waals surface area contributed by atoms with Gasteiger partial charge in [0.05, 0.1) is 12.3 Å². The molecule has 0 unspecified atom stereocenters. The SMILES string of the molecule is CCOc1ccc(-c2cc(C#N)c(=O)n(C)n2)cc1. The lowest BCUT2D eigenvalue weighted by atomic mass is 10.1. The van der Waals surface area contributed by atoms with Crippen LogP contribution in [-0.4, -0.2) is 16.4 Å². The Balaban J connectivity index is 2.45. The highest BCUT2D eigenvalue weighted by Crippen LogP contribution is 2.20. The largest absolute Gasteiger partial charge is 0.494 e. The van der Waals surface area contributed by atoms with Crippen molar-refractivity contribution in [1.82, 2.24) is 9.78 Å². The Bertz CT molecular complexity index is 681. The molecule has 0 radical (unpaired) electrons. The molecule has 5 heteroatoms. The topological polar surface area (TPSA) is 67.9 Å². The molecule has 1 aromatic heterocycles. The van der Waals surface area contributed by atoms with E-state index >= 15 is 0 Å². The van der Waals surface area contributed by atoms with Gasteiger partial charge in [0.1, 0.15) is 17.4 Å². The zero-order chi connectivity index (χ0) is 13.8. The molecule has 1 aromatic carbocycles. The lowest BCUT2D eigenvalue weighted by molar-refractivity contribution is 0.340. The average Bonchev–Trinajstić information content (AvgIpc) is 2.43. The predicted octanol–water partition coefficient (Wildman–Crippen LogP) is 1.72. The van der Waals surface area contributed by atoms with Gasteiger partial charge in [-0.2, -0.15) is 10.4 Å². The molecular formula is C14H13N3O2. The van der Waals surface area contributed by atoms with Crippen LogP contribution >= 0.6 is 0 Å².